The van der Waals surface area contributed by atoms with Crippen LogP contribution in [0.4, 0.5) is 0 Å². The highest BCUT2D eigenvalue weighted by molar-refractivity contribution is 5.48. The Balaban J connectivity index is 2.98. The lowest BCUT2D eigenvalue weighted by atomic mass is 9.87. The van der Waals surface area contributed by atoms with Gasteiger partial charge in [0.1, 0.15) is 0 Å². The Morgan fingerprint density at radius 2 is 1.84 bits per heavy atom. The topological polar surface area (TPSA) is 30.5 Å². The van der Waals surface area contributed by atoms with Gasteiger partial charge in [0.05, 0.1) is 14.2 Å². The molecular formula is C16H27NO2. The van der Waals surface area contributed by atoms with Gasteiger partial charge in [-0.05, 0) is 31.4 Å². The molecule has 0 saturated heterocycles. The molecule has 0 amide bonds. The summed E-state index contributed by atoms with van der Waals surface area (Å²) in [6.45, 7) is 6.80. The molecule has 0 spiro atoms. The molecule has 0 aliphatic heterocycles. The van der Waals surface area contributed by atoms with Crippen LogP contribution in [-0.4, -0.2) is 21.3 Å². The SMILES string of the molecule is CNC(CCC(C)(C)C)c1cccc(OC)c1OC. The fraction of sp³-hybridized carbons (Fsp3) is 0.625. The van der Waals surface area contributed by atoms with E-state index in [-0.39, 0.29) is 6.04 Å². The molecule has 0 aliphatic carbocycles. The minimum absolute atomic E-state index is 0.282. The molecule has 0 heterocycles. The summed E-state index contributed by atoms with van der Waals surface area (Å²) in [7, 11) is 5.36. The molecule has 108 valence electrons. The standard InChI is InChI=1S/C16H27NO2/c1-16(2,3)11-10-13(17-4)12-8-7-9-14(18-5)15(12)19-6/h7-9,13,17H,10-11H2,1-6H3. The molecule has 1 aromatic carbocycles. The van der Waals surface area contributed by atoms with Gasteiger partial charge in [-0.1, -0.05) is 32.9 Å². The zero-order chi connectivity index (χ0) is 14.5. The molecule has 3 heteroatoms. The second-order valence-electron chi connectivity index (χ2n) is 6.02. The maximum Gasteiger partial charge on any atom is 0.165 e. The van der Waals surface area contributed by atoms with Gasteiger partial charge in [-0.15, -0.1) is 0 Å². The predicted molar refractivity (Wildman–Crippen MR) is 80.0 cm³/mol. The van der Waals surface area contributed by atoms with Gasteiger partial charge < -0.3 is 14.8 Å². The third-order valence-corrected chi connectivity index (χ3v) is 3.34. The van der Waals surface area contributed by atoms with Crippen LogP contribution >= 0.6 is 0 Å². The number of hydrogen-bond donors (Lipinski definition) is 1. The van der Waals surface area contributed by atoms with E-state index in [2.05, 4.69) is 32.2 Å². The molecule has 0 bridgehead atoms. The van der Waals surface area contributed by atoms with Gasteiger partial charge >= 0.3 is 0 Å². The van der Waals surface area contributed by atoms with Gasteiger partial charge in [-0.3, -0.25) is 0 Å². The van der Waals surface area contributed by atoms with Crippen molar-refractivity contribution in [3.05, 3.63) is 23.8 Å². The van der Waals surface area contributed by atoms with Gasteiger partial charge in [-0.2, -0.15) is 0 Å². The molecule has 1 aromatic rings. The number of rotatable bonds is 6. The zero-order valence-electron chi connectivity index (χ0n) is 13.0. The molecule has 19 heavy (non-hydrogen) atoms. The number of hydrogen-bond acceptors (Lipinski definition) is 3. The average molecular weight is 265 g/mol. The summed E-state index contributed by atoms with van der Waals surface area (Å²) < 4.78 is 10.9. The Morgan fingerprint density at radius 1 is 1.16 bits per heavy atom. The third-order valence-electron chi connectivity index (χ3n) is 3.34. The Labute approximate surface area is 117 Å². The fourth-order valence-corrected chi connectivity index (χ4v) is 2.22. The lowest BCUT2D eigenvalue weighted by molar-refractivity contribution is 0.324. The molecule has 0 fully saturated rings. The van der Waals surface area contributed by atoms with Crippen molar-refractivity contribution in [2.45, 2.75) is 39.7 Å². The Morgan fingerprint density at radius 3 is 2.32 bits per heavy atom. The Bertz CT molecular complexity index is 396. The quantitative estimate of drug-likeness (QED) is 0.849. The van der Waals surface area contributed by atoms with Crippen LogP contribution in [0.1, 0.15) is 45.2 Å². The Hall–Kier alpha value is -1.22. The van der Waals surface area contributed by atoms with E-state index in [9.17, 15) is 0 Å². The number of benzene rings is 1. The summed E-state index contributed by atoms with van der Waals surface area (Å²) >= 11 is 0. The molecule has 0 aromatic heterocycles. The molecule has 1 unspecified atom stereocenters. The highest BCUT2D eigenvalue weighted by Gasteiger charge is 2.20. The first kappa shape index (κ1) is 15.8. The van der Waals surface area contributed by atoms with E-state index in [0.29, 0.717) is 5.41 Å². The maximum atomic E-state index is 5.52. The van der Waals surface area contributed by atoms with Crippen LogP contribution in [0.2, 0.25) is 0 Å². The van der Waals surface area contributed by atoms with Gasteiger partial charge in [0.2, 0.25) is 0 Å². The van der Waals surface area contributed by atoms with Gasteiger partial charge in [0.25, 0.3) is 0 Å². The predicted octanol–water partition coefficient (Wildman–Crippen LogP) is 3.79. The monoisotopic (exact) mass is 265 g/mol. The van der Waals surface area contributed by atoms with Crippen molar-refractivity contribution >= 4 is 0 Å². The van der Waals surface area contributed by atoms with Crippen molar-refractivity contribution in [1.82, 2.24) is 5.32 Å². The molecule has 3 nitrogen and oxygen atoms in total. The third kappa shape index (κ3) is 4.43. The average Bonchev–Trinajstić information content (AvgIpc) is 2.37. The number of ether oxygens (including phenoxy) is 2. The first-order valence-corrected chi connectivity index (χ1v) is 6.81. The van der Waals surface area contributed by atoms with Crippen LogP contribution in [0, 0.1) is 5.41 Å². The lowest BCUT2D eigenvalue weighted by Crippen LogP contribution is -2.19. The molecule has 1 atom stereocenters. The Kier molecular flexibility index (Phi) is 5.67. The van der Waals surface area contributed by atoms with Crippen molar-refractivity contribution in [1.29, 1.82) is 0 Å². The van der Waals surface area contributed by atoms with Crippen LogP contribution in [0.5, 0.6) is 11.5 Å². The highest BCUT2D eigenvalue weighted by atomic mass is 16.5. The van der Waals surface area contributed by atoms with Crippen molar-refractivity contribution in [3.8, 4) is 11.5 Å². The lowest BCUT2D eigenvalue weighted by Gasteiger charge is -2.25. The summed E-state index contributed by atoms with van der Waals surface area (Å²) in [5, 5.41) is 3.38. The van der Waals surface area contributed by atoms with Gasteiger partial charge in [0, 0.05) is 11.6 Å². The van der Waals surface area contributed by atoms with E-state index >= 15 is 0 Å². The normalized spacial score (nSPS) is 13.2. The first-order chi connectivity index (χ1) is 8.92. The summed E-state index contributed by atoms with van der Waals surface area (Å²) in [5.41, 5.74) is 1.50. The summed E-state index contributed by atoms with van der Waals surface area (Å²) in [6.07, 6.45) is 2.22. The number of para-hydroxylation sites is 1. The fourth-order valence-electron chi connectivity index (χ4n) is 2.22. The van der Waals surface area contributed by atoms with E-state index in [0.717, 1.165) is 29.9 Å². The second kappa shape index (κ2) is 6.80. The van der Waals surface area contributed by atoms with Gasteiger partial charge in [-0.25, -0.2) is 0 Å². The van der Waals surface area contributed by atoms with Crippen LogP contribution in [0.25, 0.3) is 0 Å². The zero-order valence-corrected chi connectivity index (χ0v) is 13.0. The number of methoxy groups -OCH3 is 2. The van der Waals surface area contributed by atoms with Crippen LogP contribution in [0.15, 0.2) is 18.2 Å². The van der Waals surface area contributed by atoms with Crippen molar-refractivity contribution < 1.29 is 9.47 Å². The molecule has 0 aliphatic rings. The molecule has 1 rings (SSSR count). The minimum atomic E-state index is 0.282. The van der Waals surface area contributed by atoms with Crippen LogP contribution in [-0.2, 0) is 0 Å². The van der Waals surface area contributed by atoms with E-state index in [1.165, 1.54) is 0 Å². The molecular weight excluding hydrogens is 238 g/mol. The molecule has 0 radical (unpaired) electrons. The van der Waals surface area contributed by atoms with Crippen molar-refractivity contribution in [3.63, 3.8) is 0 Å². The summed E-state index contributed by atoms with van der Waals surface area (Å²) in [4.78, 5) is 0. The number of nitrogens with one attached hydrogen (secondary N) is 1. The van der Waals surface area contributed by atoms with Crippen molar-refractivity contribution in [2.75, 3.05) is 21.3 Å². The van der Waals surface area contributed by atoms with Crippen molar-refractivity contribution in [2.24, 2.45) is 5.41 Å². The minimum Gasteiger partial charge on any atom is -0.493 e. The molecule has 1 N–H and O–H groups in total. The first-order valence-electron chi connectivity index (χ1n) is 6.81. The summed E-state index contributed by atoms with van der Waals surface area (Å²) in [6, 6.07) is 6.33. The van der Waals surface area contributed by atoms with E-state index in [1.54, 1.807) is 14.2 Å². The summed E-state index contributed by atoms with van der Waals surface area (Å²) in [5.74, 6) is 1.62. The maximum absolute atomic E-state index is 5.52. The second-order valence-corrected chi connectivity index (χ2v) is 6.02. The van der Waals surface area contributed by atoms with E-state index in [4.69, 9.17) is 9.47 Å². The highest BCUT2D eigenvalue weighted by Crippen LogP contribution is 2.37. The smallest absolute Gasteiger partial charge is 0.165 e. The van der Waals surface area contributed by atoms with E-state index < -0.39 is 0 Å². The largest absolute Gasteiger partial charge is 0.493 e. The van der Waals surface area contributed by atoms with Crippen LogP contribution < -0.4 is 14.8 Å². The van der Waals surface area contributed by atoms with Crippen LogP contribution in [0.3, 0.4) is 0 Å². The van der Waals surface area contributed by atoms with E-state index in [1.807, 2.05) is 19.2 Å². The molecule has 0 saturated carbocycles. The van der Waals surface area contributed by atoms with Gasteiger partial charge in [0.15, 0.2) is 11.5 Å².